The maximum Gasteiger partial charge on any atom is 0.417 e. The Morgan fingerprint density at radius 3 is 2.29 bits per heavy atom. The monoisotopic (exact) mass is 640 g/mol. The highest BCUT2D eigenvalue weighted by molar-refractivity contribution is 8.30. The number of nitrogens with one attached hydrogen (secondary N) is 3. The van der Waals surface area contributed by atoms with Gasteiger partial charge >= 0.3 is 12.2 Å². The number of hydrogen-bond donors (Lipinski definition) is 4. The van der Waals surface area contributed by atoms with Crippen molar-refractivity contribution in [3.63, 3.8) is 0 Å². The molecule has 8 nitrogen and oxygen atoms in total. The van der Waals surface area contributed by atoms with Crippen LogP contribution in [0.25, 0.3) is 0 Å². The van der Waals surface area contributed by atoms with Gasteiger partial charge in [0.1, 0.15) is 0 Å². The fourth-order valence-electron chi connectivity index (χ4n) is 4.33. The van der Waals surface area contributed by atoms with Gasteiger partial charge in [-0.3, -0.25) is 4.79 Å². The van der Waals surface area contributed by atoms with Gasteiger partial charge in [0.2, 0.25) is 5.91 Å². The van der Waals surface area contributed by atoms with Gasteiger partial charge in [-0.25, -0.2) is 22.9 Å². The van der Waals surface area contributed by atoms with Crippen LogP contribution in [0.5, 0.6) is 0 Å². The highest BCUT2D eigenvalue weighted by Gasteiger charge is 2.37. The summed E-state index contributed by atoms with van der Waals surface area (Å²) in [6.07, 6.45) is -4.26. The van der Waals surface area contributed by atoms with E-state index in [4.69, 9.17) is 11.6 Å². The van der Waals surface area contributed by atoms with E-state index in [1.54, 1.807) is 19.1 Å². The lowest BCUT2D eigenvalue weighted by atomic mass is 10.1. The molecule has 1 aliphatic rings. The van der Waals surface area contributed by atoms with Crippen molar-refractivity contribution in [3.8, 4) is 0 Å². The highest BCUT2D eigenvalue weighted by Crippen LogP contribution is 2.57. The predicted molar refractivity (Wildman–Crippen MR) is 157 cm³/mol. The molecule has 0 saturated heterocycles. The molecule has 3 aromatic carbocycles. The van der Waals surface area contributed by atoms with Crippen LogP contribution in [0.4, 0.5) is 23.7 Å². The van der Waals surface area contributed by atoms with Crippen molar-refractivity contribution >= 4 is 55.2 Å². The summed E-state index contributed by atoms with van der Waals surface area (Å²) in [5, 5.41) is 5.39. The first-order chi connectivity index (χ1) is 19.7. The fourth-order valence-corrected chi connectivity index (χ4v) is 8.11. The van der Waals surface area contributed by atoms with Crippen molar-refractivity contribution in [1.29, 1.82) is 0 Å². The Morgan fingerprint density at radius 2 is 1.69 bits per heavy atom. The molecule has 0 fully saturated rings. The number of thiol groups is 1. The molecule has 3 amide bonds. The highest BCUT2D eigenvalue weighted by atomic mass is 35.5. The molecule has 2 atom stereocenters. The number of fused-ring (bicyclic) bond motifs is 1. The Kier molecular flexibility index (Phi) is 9.24. The average molecular weight is 641 g/mol. The lowest BCUT2D eigenvalue weighted by Crippen LogP contribution is -2.40. The lowest BCUT2D eigenvalue weighted by molar-refractivity contribution is -0.137. The van der Waals surface area contributed by atoms with E-state index in [0.717, 1.165) is 22.1 Å². The van der Waals surface area contributed by atoms with Gasteiger partial charge in [-0.1, -0.05) is 41.4 Å². The second-order valence-corrected chi connectivity index (χ2v) is 13.9. The minimum atomic E-state index is -4.65. The smallest absolute Gasteiger partial charge is 0.348 e. The molecule has 3 aromatic rings. The molecule has 1 aliphatic heterocycles. The molecule has 0 bridgehead atoms. The van der Waals surface area contributed by atoms with E-state index in [2.05, 4.69) is 15.6 Å². The molecule has 1 heterocycles. The zero-order chi connectivity index (χ0) is 30.8. The molecule has 0 spiro atoms. The lowest BCUT2D eigenvalue weighted by Gasteiger charge is -2.25. The summed E-state index contributed by atoms with van der Waals surface area (Å²) in [7, 11) is -5.41. The first-order valence-electron chi connectivity index (χ1n) is 12.7. The van der Waals surface area contributed by atoms with Gasteiger partial charge in [-0.05, 0) is 67.1 Å². The van der Waals surface area contributed by atoms with Gasteiger partial charge in [0.15, 0.2) is 0 Å². The quantitative estimate of drug-likeness (QED) is 0.230. The molecule has 224 valence electrons. The third kappa shape index (κ3) is 7.26. The van der Waals surface area contributed by atoms with Gasteiger partial charge in [-0.2, -0.15) is 24.1 Å². The number of carbonyl (C=O) groups is 2. The molecule has 0 saturated carbocycles. The van der Waals surface area contributed by atoms with Crippen molar-refractivity contribution in [1.82, 2.24) is 15.4 Å². The zero-order valence-corrected chi connectivity index (χ0v) is 25.2. The second kappa shape index (κ2) is 12.4. The number of hydrogen-bond acceptors (Lipinski definition) is 5. The van der Waals surface area contributed by atoms with E-state index >= 15 is 0 Å². The maximum atomic E-state index is 13.5. The predicted octanol–water partition coefficient (Wildman–Crippen LogP) is 5.89. The van der Waals surface area contributed by atoms with E-state index in [9.17, 15) is 31.2 Å². The normalized spacial score (nSPS) is 16.3. The Labute approximate surface area is 249 Å². The van der Waals surface area contributed by atoms with Crippen molar-refractivity contribution in [2.24, 2.45) is 4.99 Å². The molecule has 14 heteroatoms. The number of aliphatic imine (C=N–C) groups is 1. The van der Waals surface area contributed by atoms with Gasteiger partial charge in [0, 0.05) is 18.4 Å². The summed E-state index contributed by atoms with van der Waals surface area (Å²) in [6, 6.07) is 14.2. The molecule has 4 rings (SSSR count). The zero-order valence-electron chi connectivity index (χ0n) is 22.7. The number of halogens is 4. The number of carbonyl (C=O) groups excluding carboxylic acids is 2. The first kappa shape index (κ1) is 31.4. The number of amides is 3. The SMILES string of the molecule is CC(=O)NC(C)C1=Nc2cc(C(F)(F)F)c(Cl)cc2[SH]1c1ccc(CCNC(=O)NS(=O)(=O)c2ccc(C)cc2)cc1. The van der Waals surface area contributed by atoms with Crippen LogP contribution < -0.4 is 15.4 Å². The summed E-state index contributed by atoms with van der Waals surface area (Å²) >= 11 is 6.04. The summed E-state index contributed by atoms with van der Waals surface area (Å²) in [6.45, 7) is 5.03. The number of rotatable bonds is 8. The summed E-state index contributed by atoms with van der Waals surface area (Å²) in [5.74, 6) is -0.302. The molecular formula is C28H28ClF3N4O4S2. The molecule has 3 N–H and O–H groups in total. The van der Waals surface area contributed by atoms with Crippen LogP contribution in [0, 0.1) is 6.92 Å². The number of benzene rings is 3. The van der Waals surface area contributed by atoms with Crippen LogP contribution in [0.3, 0.4) is 0 Å². The van der Waals surface area contributed by atoms with Crippen molar-refractivity contribution in [2.45, 2.75) is 54.1 Å². The Hall–Kier alpha value is -3.55. The van der Waals surface area contributed by atoms with Gasteiger partial charge < -0.3 is 10.6 Å². The molecule has 0 radical (unpaired) electrons. The van der Waals surface area contributed by atoms with Crippen LogP contribution >= 0.6 is 22.5 Å². The Bertz CT molecular complexity index is 1650. The van der Waals surface area contributed by atoms with Crippen molar-refractivity contribution < 1.29 is 31.2 Å². The molecule has 0 aliphatic carbocycles. The topological polar surface area (TPSA) is 117 Å². The van der Waals surface area contributed by atoms with E-state index in [1.165, 1.54) is 25.1 Å². The maximum absolute atomic E-state index is 13.5. The molecule has 0 aromatic heterocycles. The van der Waals surface area contributed by atoms with Crippen molar-refractivity contribution in [3.05, 3.63) is 82.4 Å². The Morgan fingerprint density at radius 1 is 1.05 bits per heavy atom. The summed E-state index contributed by atoms with van der Waals surface area (Å²) < 4.78 is 67.2. The van der Waals surface area contributed by atoms with E-state index in [1.807, 2.05) is 35.9 Å². The fraction of sp³-hybridized carbons (Fsp3) is 0.250. The van der Waals surface area contributed by atoms with Crippen molar-refractivity contribution in [2.75, 3.05) is 6.54 Å². The number of nitrogens with zero attached hydrogens (tertiary/aromatic N) is 1. The largest absolute Gasteiger partial charge is 0.417 e. The van der Waals surface area contributed by atoms with Gasteiger partial charge in [0.25, 0.3) is 10.0 Å². The third-order valence-corrected chi connectivity index (χ3v) is 10.6. The van der Waals surface area contributed by atoms with Crippen LogP contribution in [0.1, 0.15) is 30.5 Å². The number of alkyl halides is 3. The summed E-state index contributed by atoms with van der Waals surface area (Å²) in [4.78, 5) is 29.7. The summed E-state index contributed by atoms with van der Waals surface area (Å²) in [5.41, 5.74) is 0.889. The van der Waals surface area contributed by atoms with E-state index < -0.39 is 49.8 Å². The minimum absolute atomic E-state index is 0.0269. The van der Waals surface area contributed by atoms with Crippen LogP contribution in [-0.4, -0.2) is 38.0 Å². The number of sulfonamides is 1. The second-order valence-electron chi connectivity index (χ2n) is 9.64. The standard InChI is InChI=1S/C28H28ClF3N4O4S2/c1-16-4-10-21(11-5-16)42(39,40)36-27(38)33-13-12-19-6-8-20(9-7-19)41-25-15-23(29)22(28(30,31)32)14-24(25)35-26(41)17(2)34-18(3)37/h4-11,14-15,17,41H,12-13H2,1-3H3,(H,34,37)(H2,33,36,38). The minimum Gasteiger partial charge on any atom is -0.348 e. The van der Waals surface area contributed by atoms with E-state index in [-0.39, 0.29) is 23.0 Å². The van der Waals surface area contributed by atoms with Crippen LogP contribution in [-0.2, 0) is 27.4 Å². The average Bonchev–Trinajstić information content (AvgIpc) is 3.26. The molecule has 42 heavy (non-hydrogen) atoms. The third-order valence-electron chi connectivity index (χ3n) is 6.33. The molecule has 2 unspecified atom stereocenters. The van der Waals surface area contributed by atoms with Gasteiger partial charge in [-0.15, -0.1) is 0 Å². The molecular weight excluding hydrogens is 613 g/mol. The Balaban J connectivity index is 1.47. The van der Waals surface area contributed by atoms with Crippen LogP contribution in [0.2, 0.25) is 5.02 Å². The number of urea groups is 1. The number of aryl methyl sites for hydroxylation is 1. The van der Waals surface area contributed by atoms with E-state index in [0.29, 0.717) is 16.4 Å². The first-order valence-corrected chi connectivity index (χ1v) is 15.9. The van der Waals surface area contributed by atoms with Gasteiger partial charge in [0.05, 0.1) is 32.3 Å². The van der Waals surface area contributed by atoms with Crippen LogP contribution in [0.15, 0.2) is 80.3 Å².